The van der Waals surface area contributed by atoms with Crippen LogP contribution >= 0.6 is 0 Å². The van der Waals surface area contributed by atoms with Crippen molar-refractivity contribution in [1.82, 2.24) is 0 Å². The van der Waals surface area contributed by atoms with Crippen molar-refractivity contribution in [3.63, 3.8) is 0 Å². The van der Waals surface area contributed by atoms with Crippen LogP contribution in [0.2, 0.25) is 0 Å². The molecule has 2 N–H and O–H groups in total. The topological polar surface area (TPSA) is 77.2 Å². The van der Waals surface area contributed by atoms with Gasteiger partial charge in [0.2, 0.25) is 5.91 Å². The quantitative estimate of drug-likeness (QED) is 0.600. The molecule has 0 bridgehead atoms. The largest absolute Gasteiger partial charge is 0.370 e. The van der Waals surface area contributed by atoms with Crippen LogP contribution < -0.4 is 5.73 Å². The van der Waals surface area contributed by atoms with Gasteiger partial charge in [-0.2, -0.15) is 0 Å². The average molecular weight is 165 g/mol. The van der Waals surface area contributed by atoms with Gasteiger partial charge in [-0.1, -0.05) is 0 Å². The highest BCUT2D eigenvalue weighted by Crippen LogP contribution is 2.01. The van der Waals surface area contributed by atoms with Gasteiger partial charge >= 0.3 is 0 Å². The van der Waals surface area contributed by atoms with Crippen LogP contribution in [0.3, 0.4) is 0 Å². The Morgan fingerprint density at radius 2 is 2.00 bits per heavy atom. The fourth-order valence-corrected chi connectivity index (χ4v) is 0.902. The second kappa shape index (κ2) is 3.01. The Hall–Kier alpha value is -0.580. The summed E-state index contributed by atoms with van der Waals surface area (Å²) in [6, 6.07) is 0. The van der Waals surface area contributed by atoms with E-state index in [1.54, 1.807) is 0 Å². The first-order valence-electron chi connectivity index (χ1n) is 2.81. The molecule has 0 saturated heterocycles. The van der Waals surface area contributed by atoms with E-state index in [-0.39, 0.29) is 6.42 Å². The highest BCUT2D eigenvalue weighted by atomic mass is 32.2. The van der Waals surface area contributed by atoms with E-state index in [1.807, 2.05) is 0 Å². The van der Waals surface area contributed by atoms with Gasteiger partial charge in [0.05, 0.1) is 5.25 Å². The summed E-state index contributed by atoms with van der Waals surface area (Å²) in [5.41, 5.74) is 4.79. The van der Waals surface area contributed by atoms with Crippen molar-refractivity contribution in [2.24, 2.45) is 5.73 Å². The number of carbonyl (C=O) groups excluding carboxylic acids is 1. The zero-order valence-electron chi connectivity index (χ0n) is 5.99. The van der Waals surface area contributed by atoms with Crippen molar-refractivity contribution < 1.29 is 13.2 Å². The molecule has 0 spiro atoms. The molecule has 0 heterocycles. The zero-order chi connectivity index (χ0) is 8.36. The molecule has 0 aromatic heterocycles. The van der Waals surface area contributed by atoms with E-state index in [0.717, 1.165) is 6.26 Å². The van der Waals surface area contributed by atoms with Gasteiger partial charge in [0.1, 0.15) is 0 Å². The van der Waals surface area contributed by atoms with Crippen molar-refractivity contribution in [3.8, 4) is 0 Å². The van der Waals surface area contributed by atoms with E-state index in [1.165, 1.54) is 6.92 Å². The predicted octanol–water partition coefficient (Wildman–Crippen LogP) is -0.705. The summed E-state index contributed by atoms with van der Waals surface area (Å²) < 4.78 is 21.3. The molecule has 1 atom stereocenters. The molecule has 60 valence electrons. The zero-order valence-corrected chi connectivity index (χ0v) is 6.81. The van der Waals surface area contributed by atoms with E-state index in [2.05, 4.69) is 0 Å². The fourth-order valence-electron chi connectivity index (χ4n) is 0.435. The molecule has 0 rings (SSSR count). The van der Waals surface area contributed by atoms with Crippen LogP contribution in [-0.4, -0.2) is 25.8 Å². The molecule has 0 aliphatic carbocycles. The van der Waals surface area contributed by atoms with E-state index in [4.69, 9.17) is 5.73 Å². The molecule has 0 radical (unpaired) electrons. The standard InChI is InChI=1S/C5H11NO3S/c1-4(3-5(6)7)10(2,8)9/h4H,3H2,1-2H3,(H2,6,7). The summed E-state index contributed by atoms with van der Waals surface area (Å²) in [7, 11) is -3.10. The van der Waals surface area contributed by atoms with E-state index in [9.17, 15) is 13.2 Å². The van der Waals surface area contributed by atoms with E-state index < -0.39 is 21.0 Å². The maximum atomic E-state index is 10.7. The van der Waals surface area contributed by atoms with Crippen molar-refractivity contribution in [2.75, 3.05) is 6.26 Å². The molecule has 0 fully saturated rings. The van der Waals surface area contributed by atoms with Gasteiger partial charge in [-0.25, -0.2) is 8.42 Å². The Labute approximate surface area is 60.3 Å². The lowest BCUT2D eigenvalue weighted by Crippen LogP contribution is -2.24. The van der Waals surface area contributed by atoms with Gasteiger partial charge in [-0.05, 0) is 6.92 Å². The summed E-state index contributed by atoms with van der Waals surface area (Å²) >= 11 is 0. The minimum absolute atomic E-state index is 0.0984. The minimum Gasteiger partial charge on any atom is -0.370 e. The second-order valence-electron chi connectivity index (χ2n) is 2.31. The van der Waals surface area contributed by atoms with Crippen molar-refractivity contribution in [2.45, 2.75) is 18.6 Å². The lowest BCUT2D eigenvalue weighted by atomic mass is 10.3. The molecule has 0 aliphatic heterocycles. The molecule has 10 heavy (non-hydrogen) atoms. The average Bonchev–Trinajstić information content (AvgIpc) is 1.60. The SMILES string of the molecule is CC(CC(N)=O)S(C)(=O)=O. The number of hydrogen-bond acceptors (Lipinski definition) is 3. The van der Waals surface area contributed by atoms with Crippen molar-refractivity contribution in [3.05, 3.63) is 0 Å². The predicted molar refractivity (Wildman–Crippen MR) is 38.1 cm³/mol. The summed E-state index contributed by atoms with van der Waals surface area (Å²) in [5.74, 6) is -0.585. The van der Waals surface area contributed by atoms with Gasteiger partial charge in [-0.3, -0.25) is 4.79 Å². The van der Waals surface area contributed by atoms with Crippen LogP contribution in [0.25, 0.3) is 0 Å². The van der Waals surface area contributed by atoms with Gasteiger partial charge in [0.15, 0.2) is 9.84 Å². The molecule has 4 nitrogen and oxygen atoms in total. The fraction of sp³-hybridized carbons (Fsp3) is 0.800. The van der Waals surface area contributed by atoms with Crippen LogP contribution in [0.15, 0.2) is 0 Å². The summed E-state index contributed by atoms with van der Waals surface area (Å²) in [4.78, 5) is 10.2. The molecule has 0 saturated carbocycles. The number of nitrogens with two attached hydrogens (primary N) is 1. The monoisotopic (exact) mass is 165 g/mol. The Morgan fingerprint density at radius 3 is 2.10 bits per heavy atom. The number of rotatable bonds is 3. The molecular formula is C5H11NO3S. The molecule has 1 amide bonds. The Morgan fingerprint density at radius 1 is 1.60 bits per heavy atom. The molecule has 1 unspecified atom stereocenters. The summed E-state index contributed by atoms with van der Waals surface area (Å²) in [5, 5.41) is -0.662. The number of hydrogen-bond donors (Lipinski definition) is 1. The van der Waals surface area contributed by atoms with Gasteiger partial charge < -0.3 is 5.73 Å². The van der Waals surface area contributed by atoms with Crippen LogP contribution in [0.4, 0.5) is 0 Å². The second-order valence-corrected chi connectivity index (χ2v) is 4.77. The van der Waals surface area contributed by atoms with Crippen molar-refractivity contribution in [1.29, 1.82) is 0 Å². The third-order valence-electron chi connectivity index (χ3n) is 1.22. The van der Waals surface area contributed by atoms with Gasteiger partial charge in [-0.15, -0.1) is 0 Å². The normalized spacial score (nSPS) is 14.6. The van der Waals surface area contributed by atoms with Crippen LogP contribution in [0, 0.1) is 0 Å². The van der Waals surface area contributed by atoms with E-state index in [0.29, 0.717) is 0 Å². The maximum Gasteiger partial charge on any atom is 0.218 e. The first kappa shape index (κ1) is 9.42. The van der Waals surface area contributed by atoms with Crippen LogP contribution in [0.5, 0.6) is 0 Å². The molecular weight excluding hydrogens is 154 g/mol. The highest BCUT2D eigenvalue weighted by molar-refractivity contribution is 7.91. The van der Waals surface area contributed by atoms with Crippen molar-refractivity contribution >= 4 is 15.7 Å². The molecule has 0 aromatic carbocycles. The van der Waals surface area contributed by atoms with Crippen LogP contribution in [0.1, 0.15) is 13.3 Å². The Bertz CT molecular complexity index is 219. The van der Waals surface area contributed by atoms with Crippen LogP contribution in [-0.2, 0) is 14.6 Å². The lowest BCUT2D eigenvalue weighted by molar-refractivity contribution is -0.117. The number of sulfone groups is 1. The number of amides is 1. The number of carbonyl (C=O) groups is 1. The first-order valence-corrected chi connectivity index (χ1v) is 4.76. The maximum absolute atomic E-state index is 10.7. The summed E-state index contributed by atoms with van der Waals surface area (Å²) in [6.07, 6.45) is 0.986. The molecule has 0 aliphatic rings. The molecule has 5 heteroatoms. The Balaban J connectivity index is 4.12. The third kappa shape index (κ3) is 3.45. The number of primary amides is 1. The first-order chi connectivity index (χ1) is 4.34. The minimum atomic E-state index is -3.10. The van der Waals surface area contributed by atoms with E-state index >= 15 is 0 Å². The Kier molecular flexibility index (Phi) is 2.83. The summed E-state index contributed by atoms with van der Waals surface area (Å²) in [6.45, 7) is 1.46. The van der Waals surface area contributed by atoms with Gasteiger partial charge in [0.25, 0.3) is 0 Å². The highest BCUT2D eigenvalue weighted by Gasteiger charge is 2.16. The smallest absolute Gasteiger partial charge is 0.218 e. The lowest BCUT2D eigenvalue weighted by Gasteiger charge is -2.04. The van der Waals surface area contributed by atoms with Gasteiger partial charge in [0, 0.05) is 12.7 Å². The molecule has 0 aromatic rings. The third-order valence-corrected chi connectivity index (χ3v) is 2.85.